The minimum atomic E-state index is -0.220. The number of rotatable bonds is 6. The van der Waals surface area contributed by atoms with Gasteiger partial charge in [-0.2, -0.15) is 11.8 Å². The molecule has 0 radical (unpaired) electrons. The molecule has 1 saturated heterocycles. The first kappa shape index (κ1) is 22.5. The van der Waals surface area contributed by atoms with Crippen LogP contribution in [0.2, 0.25) is 0 Å². The van der Waals surface area contributed by atoms with Crippen LogP contribution >= 0.6 is 35.7 Å². The van der Waals surface area contributed by atoms with Gasteiger partial charge in [-0.05, 0) is 49.5 Å². The molecule has 2 rings (SSSR count). The average Bonchev–Trinajstić information content (AvgIpc) is 2.58. The molecule has 1 aliphatic heterocycles. The molecule has 1 aromatic carbocycles. The first-order chi connectivity index (χ1) is 11.6. The molecule has 0 amide bonds. The molecule has 2 unspecified atom stereocenters. The summed E-state index contributed by atoms with van der Waals surface area (Å²) in [5.41, 5.74) is 1.00. The van der Waals surface area contributed by atoms with Crippen LogP contribution in [0.1, 0.15) is 31.4 Å². The Balaban J connectivity index is 0.00000312. The van der Waals surface area contributed by atoms with E-state index in [-0.39, 0.29) is 42.0 Å². The van der Waals surface area contributed by atoms with Crippen molar-refractivity contribution in [2.24, 2.45) is 4.99 Å². The van der Waals surface area contributed by atoms with Gasteiger partial charge in [-0.15, -0.1) is 24.0 Å². The predicted molar refractivity (Wildman–Crippen MR) is 116 cm³/mol. The Morgan fingerprint density at radius 2 is 2.04 bits per heavy atom. The highest BCUT2D eigenvalue weighted by atomic mass is 127. The molecule has 2 atom stereocenters. The number of hydrogen-bond acceptors (Lipinski definition) is 3. The van der Waals surface area contributed by atoms with Crippen LogP contribution in [0.4, 0.5) is 4.39 Å². The van der Waals surface area contributed by atoms with E-state index in [0.717, 1.165) is 37.6 Å². The van der Waals surface area contributed by atoms with Crippen molar-refractivity contribution in [3.8, 4) is 0 Å². The third kappa shape index (κ3) is 7.30. The van der Waals surface area contributed by atoms with Crippen molar-refractivity contribution in [2.75, 3.05) is 38.7 Å². The van der Waals surface area contributed by atoms with Gasteiger partial charge in [-0.1, -0.05) is 12.1 Å². The standard InChI is InChI=1S/C18H28FN3OS.HI/c1-14-12-22(18(20-2)21-10-4-5-11-24-3)13-17(23-14)15-6-8-16(19)9-7-15;/h6-9,14,17H,4-5,10-13H2,1-3H3,(H,20,21);1H. The molecule has 1 aromatic rings. The quantitative estimate of drug-likeness (QED) is 0.289. The number of benzene rings is 1. The molecule has 0 spiro atoms. The molecule has 7 heteroatoms. The second-order valence-electron chi connectivity index (χ2n) is 6.07. The van der Waals surface area contributed by atoms with Gasteiger partial charge in [0.2, 0.25) is 0 Å². The summed E-state index contributed by atoms with van der Waals surface area (Å²) in [7, 11) is 1.82. The SMILES string of the molecule is CN=C(NCCCCSC)N1CC(C)OC(c2ccc(F)cc2)C1.I. The Labute approximate surface area is 172 Å². The van der Waals surface area contributed by atoms with Gasteiger partial charge in [0.25, 0.3) is 0 Å². The molecule has 4 nitrogen and oxygen atoms in total. The van der Waals surface area contributed by atoms with E-state index < -0.39 is 0 Å². The Hall–Kier alpha value is -0.540. The summed E-state index contributed by atoms with van der Waals surface area (Å²) in [5.74, 6) is 1.89. The number of aliphatic imine (C=N–C) groups is 1. The zero-order valence-corrected chi connectivity index (χ0v) is 18.4. The second kappa shape index (κ2) is 12.0. The van der Waals surface area contributed by atoms with Gasteiger partial charge in [-0.25, -0.2) is 4.39 Å². The fourth-order valence-corrected chi connectivity index (χ4v) is 3.38. The molecule has 0 aliphatic carbocycles. The fourth-order valence-electron chi connectivity index (χ4n) is 2.89. The Morgan fingerprint density at radius 1 is 1.32 bits per heavy atom. The molecule has 1 aliphatic rings. The number of hydrogen-bond donors (Lipinski definition) is 1. The Bertz CT molecular complexity index is 530. The summed E-state index contributed by atoms with van der Waals surface area (Å²) in [6.45, 7) is 4.53. The average molecular weight is 481 g/mol. The number of halogens is 2. The van der Waals surface area contributed by atoms with Gasteiger partial charge in [0.15, 0.2) is 5.96 Å². The summed E-state index contributed by atoms with van der Waals surface area (Å²) in [6.07, 6.45) is 4.52. The number of thioether (sulfide) groups is 1. The lowest BCUT2D eigenvalue weighted by Crippen LogP contribution is -2.50. The van der Waals surface area contributed by atoms with E-state index in [1.807, 2.05) is 18.8 Å². The zero-order valence-electron chi connectivity index (χ0n) is 15.2. The largest absolute Gasteiger partial charge is 0.367 e. The zero-order chi connectivity index (χ0) is 17.4. The molecule has 142 valence electrons. The monoisotopic (exact) mass is 481 g/mol. The lowest BCUT2D eigenvalue weighted by atomic mass is 10.1. The van der Waals surface area contributed by atoms with E-state index in [4.69, 9.17) is 4.74 Å². The van der Waals surface area contributed by atoms with E-state index in [9.17, 15) is 4.39 Å². The summed E-state index contributed by atoms with van der Waals surface area (Å²) in [5, 5.41) is 3.45. The summed E-state index contributed by atoms with van der Waals surface area (Å²) < 4.78 is 19.2. The first-order valence-corrected chi connectivity index (χ1v) is 9.89. The minimum absolute atomic E-state index is 0. The summed E-state index contributed by atoms with van der Waals surface area (Å²) in [4.78, 5) is 6.65. The normalized spacial score (nSPS) is 21.0. The van der Waals surface area contributed by atoms with Gasteiger partial charge in [0, 0.05) is 20.1 Å². The smallest absolute Gasteiger partial charge is 0.193 e. The van der Waals surface area contributed by atoms with E-state index in [0.29, 0.717) is 0 Å². The van der Waals surface area contributed by atoms with Crippen LogP contribution in [0.3, 0.4) is 0 Å². The van der Waals surface area contributed by atoms with Crippen LogP contribution in [0.25, 0.3) is 0 Å². The van der Waals surface area contributed by atoms with Gasteiger partial charge >= 0.3 is 0 Å². The predicted octanol–water partition coefficient (Wildman–Crippen LogP) is 3.92. The van der Waals surface area contributed by atoms with Crippen LogP contribution in [-0.2, 0) is 4.74 Å². The van der Waals surface area contributed by atoms with E-state index in [2.05, 4.69) is 28.4 Å². The maximum Gasteiger partial charge on any atom is 0.193 e. The van der Waals surface area contributed by atoms with Crippen LogP contribution in [0.5, 0.6) is 0 Å². The lowest BCUT2D eigenvalue weighted by molar-refractivity contribution is -0.0605. The van der Waals surface area contributed by atoms with Crippen molar-refractivity contribution in [3.05, 3.63) is 35.6 Å². The molecular weight excluding hydrogens is 452 g/mol. The topological polar surface area (TPSA) is 36.9 Å². The molecule has 0 saturated carbocycles. The highest BCUT2D eigenvalue weighted by Gasteiger charge is 2.28. The van der Waals surface area contributed by atoms with Gasteiger partial charge in [-0.3, -0.25) is 4.99 Å². The lowest BCUT2D eigenvalue weighted by Gasteiger charge is -2.38. The van der Waals surface area contributed by atoms with Crippen molar-refractivity contribution in [3.63, 3.8) is 0 Å². The number of ether oxygens (including phenoxy) is 1. The highest BCUT2D eigenvalue weighted by Crippen LogP contribution is 2.25. The Kier molecular flexibility index (Phi) is 10.8. The van der Waals surface area contributed by atoms with Crippen molar-refractivity contribution in [2.45, 2.75) is 32.0 Å². The summed E-state index contributed by atoms with van der Waals surface area (Å²) in [6, 6.07) is 6.58. The van der Waals surface area contributed by atoms with Crippen LogP contribution in [-0.4, -0.2) is 55.7 Å². The first-order valence-electron chi connectivity index (χ1n) is 8.49. The minimum Gasteiger partial charge on any atom is -0.367 e. The number of guanidine groups is 1. The second-order valence-corrected chi connectivity index (χ2v) is 7.05. The van der Waals surface area contributed by atoms with Crippen molar-refractivity contribution >= 4 is 41.7 Å². The van der Waals surface area contributed by atoms with E-state index >= 15 is 0 Å². The molecular formula is C18H29FIN3OS. The van der Waals surface area contributed by atoms with E-state index in [1.165, 1.54) is 24.3 Å². The van der Waals surface area contributed by atoms with Crippen LogP contribution in [0, 0.1) is 5.82 Å². The number of nitrogens with zero attached hydrogens (tertiary/aromatic N) is 2. The number of unbranched alkanes of at least 4 members (excludes halogenated alkanes) is 1. The van der Waals surface area contributed by atoms with Gasteiger partial charge in [0.1, 0.15) is 11.9 Å². The Morgan fingerprint density at radius 3 is 2.68 bits per heavy atom. The number of nitrogens with one attached hydrogen (secondary N) is 1. The summed E-state index contributed by atoms with van der Waals surface area (Å²) >= 11 is 1.88. The maximum atomic E-state index is 13.1. The van der Waals surface area contributed by atoms with E-state index in [1.54, 1.807) is 12.1 Å². The maximum absolute atomic E-state index is 13.1. The molecule has 0 bridgehead atoms. The third-order valence-corrected chi connectivity index (χ3v) is 4.77. The molecule has 1 heterocycles. The van der Waals surface area contributed by atoms with Crippen molar-refractivity contribution < 1.29 is 9.13 Å². The van der Waals surface area contributed by atoms with Crippen molar-refractivity contribution in [1.82, 2.24) is 10.2 Å². The molecule has 25 heavy (non-hydrogen) atoms. The third-order valence-electron chi connectivity index (χ3n) is 4.07. The van der Waals surface area contributed by atoms with Crippen LogP contribution in [0.15, 0.2) is 29.3 Å². The molecule has 0 aromatic heterocycles. The number of morpholine rings is 1. The fraction of sp³-hybridized carbons (Fsp3) is 0.611. The molecule has 1 N–H and O–H groups in total. The van der Waals surface area contributed by atoms with Gasteiger partial charge in [0.05, 0.1) is 12.6 Å². The van der Waals surface area contributed by atoms with Gasteiger partial charge < -0.3 is 15.0 Å². The van der Waals surface area contributed by atoms with Crippen molar-refractivity contribution in [1.29, 1.82) is 0 Å². The van der Waals surface area contributed by atoms with Crippen LogP contribution < -0.4 is 5.32 Å². The molecule has 1 fully saturated rings. The highest BCUT2D eigenvalue weighted by molar-refractivity contribution is 14.0.